The second kappa shape index (κ2) is 6.63. The van der Waals surface area contributed by atoms with Gasteiger partial charge in [0.25, 0.3) is 0 Å². The van der Waals surface area contributed by atoms with Gasteiger partial charge in [-0.1, -0.05) is 54.1 Å². The van der Waals surface area contributed by atoms with E-state index in [0.717, 1.165) is 52.6 Å². The fourth-order valence-corrected chi connectivity index (χ4v) is 4.08. The van der Waals surface area contributed by atoms with Gasteiger partial charge in [-0.05, 0) is 48.4 Å². The van der Waals surface area contributed by atoms with Crippen molar-refractivity contribution in [3.8, 4) is 34.4 Å². The average molecular weight is 349 g/mol. The molecule has 0 aliphatic heterocycles. The summed E-state index contributed by atoms with van der Waals surface area (Å²) in [5.74, 6) is 0. The summed E-state index contributed by atoms with van der Waals surface area (Å²) in [6, 6.07) is 20.9. The summed E-state index contributed by atoms with van der Waals surface area (Å²) < 4.78 is 0. The molecule has 0 bridgehead atoms. The number of nitriles is 2. The molecule has 0 spiro atoms. The molecule has 0 heterocycles. The first-order chi connectivity index (χ1) is 13.2. The Hall–Kier alpha value is -3.56. The Balaban J connectivity index is 2.17. The second-order valence-electron chi connectivity index (χ2n) is 6.99. The molecule has 0 saturated carbocycles. The van der Waals surface area contributed by atoms with Crippen LogP contribution in [0.25, 0.3) is 22.3 Å². The molecule has 4 rings (SSSR count). The molecule has 0 unspecified atom stereocenters. The van der Waals surface area contributed by atoms with Gasteiger partial charge in [0.15, 0.2) is 0 Å². The van der Waals surface area contributed by atoms with Gasteiger partial charge in [0, 0.05) is 11.1 Å². The number of fused-ring (bicyclic) bond motifs is 3. The predicted molar refractivity (Wildman–Crippen MR) is 108 cm³/mol. The molecular formula is C24H19N3. The number of nitrogens with two attached hydrogens (primary N) is 1. The monoisotopic (exact) mass is 349 g/mol. The molecule has 27 heavy (non-hydrogen) atoms. The molecular weight excluding hydrogens is 330 g/mol. The molecule has 0 saturated heterocycles. The van der Waals surface area contributed by atoms with Crippen molar-refractivity contribution in [3.05, 3.63) is 76.3 Å². The third-order valence-electron chi connectivity index (χ3n) is 5.37. The van der Waals surface area contributed by atoms with Gasteiger partial charge in [-0.2, -0.15) is 10.5 Å². The summed E-state index contributed by atoms with van der Waals surface area (Å²) in [5.41, 5.74) is 14.7. The Labute approximate surface area is 159 Å². The van der Waals surface area contributed by atoms with Crippen molar-refractivity contribution < 1.29 is 0 Å². The lowest BCUT2D eigenvalue weighted by Gasteiger charge is -2.20. The summed E-state index contributed by atoms with van der Waals surface area (Å²) in [4.78, 5) is 0. The van der Waals surface area contributed by atoms with Gasteiger partial charge >= 0.3 is 0 Å². The topological polar surface area (TPSA) is 73.6 Å². The quantitative estimate of drug-likeness (QED) is 0.618. The number of nitrogen functional groups attached to an aromatic ring is 1. The van der Waals surface area contributed by atoms with Crippen LogP contribution in [0.5, 0.6) is 0 Å². The molecule has 3 aromatic carbocycles. The van der Waals surface area contributed by atoms with Crippen LogP contribution in [0.3, 0.4) is 0 Å². The molecule has 3 aromatic rings. The molecule has 0 atom stereocenters. The van der Waals surface area contributed by atoms with E-state index in [2.05, 4.69) is 24.3 Å². The Morgan fingerprint density at radius 3 is 2.22 bits per heavy atom. The van der Waals surface area contributed by atoms with Gasteiger partial charge in [0.05, 0.1) is 16.8 Å². The Morgan fingerprint density at radius 1 is 0.852 bits per heavy atom. The summed E-state index contributed by atoms with van der Waals surface area (Å²) in [6.45, 7) is 2.04. The normalized spacial score (nSPS) is 12.3. The smallest absolute Gasteiger partial charge is 0.102 e. The van der Waals surface area contributed by atoms with Crippen LogP contribution in [0.15, 0.2) is 48.5 Å². The maximum absolute atomic E-state index is 9.87. The lowest BCUT2D eigenvalue weighted by molar-refractivity contribution is 0.835. The number of anilines is 1. The molecule has 2 N–H and O–H groups in total. The summed E-state index contributed by atoms with van der Waals surface area (Å²) in [5, 5.41) is 19.7. The van der Waals surface area contributed by atoms with Crippen LogP contribution in [0.1, 0.15) is 34.2 Å². The van der Waals surface area contributed by atoms with E-state index >= 15 is 0 Å². The Morgan fingerprint density at radius 2 is 1.52 bits per heavy atom. The van der Waals surface area contributed by atoms with E-state index in [1.165, 1.54) is 5.56 Å². The van der Waals surface area contributed by atoms with Crippen LogP contribution in [0, 0.1) is 29.6 Å². The maximum atomic E-state index is 9.87. The van der Waals surface area contributed by atoms with Crippen molar-refractivity contribution in [2.75, 3.05) is 5.73 Å². The van der Waals surface area contributed by atoms with Crippen LogP contribution >= 0.6 is 0 Å². The largest absolute Gasteiger partial charge is 0.397 e. The van der Waals surface area contributed by atoms with Crippen LogP contribution < -0.4 is 5.73 Å². The fourth-order valence-electron chi connectivity index (χ4n) is 4.08. The molecule has 0 fully saturated rings. The highest BCUT2D eigenvalue weighted by Gasteiger charge is 2.26. The van der Waals surface area contributed by atoms with E-state index in [1.54, 1.807) is 0 Å². The van der Waals surface area contributed by atoms with Crippen molar-refractivity contribution in [1.82, 2.24) is 0 Å². The van der Waals surface area contributed by atoms with Crippen molar-refractivity contribution in [2.45, 2.75) is 26.2 Å². The third-order valence-corrected chi connectivity index (χ3v) is 5.37. The third kappa shape index (κ3) is 2.65. The average Bonchev–Trinajstić information content (AvgIpc) is 2.88. The van der Waals surface area contributed by atoms with E-state index in [9.17, 15) is 10.5 Å². The predicted octanol–water partition coefficient (Wildman–Crippen LogP) is 5.14. The molecule has 130 valence electrons. The van der Waals surface area contributed by atoms with E-state index in [0.29, 0.717) is 11.1 Å². The van der Waals surface area contributed by atoms with Crippen LogP contribution in [-0.4, -0.2) is 0 Å². The Kier molecular flexibility index (Phi) is 4.15. The van der Waals surface area contributed by atoms with Crippen LogP contribution in [0.2, 0.25) is 0 Å². The summed E-state index contributed by atoms with van der Waals surface area (Å²) in [7, 11) is 0. The zero-order valence-electron chi connectivity index (χ0n) is 15.2. The fraction of sp³-hybridized carbons (Fsp3) is 0.167. The number of benzene rings is 3. The highest BCUT2D eigenvalue weighted by atomic mass is 14.6. The van der Waals surface area contributed by atoms with Crippen LogP contribution in [-0.2, 0) is 12.8 Å². The second-order valence-corrected chi connectivity index (χ2v) is 6.99. The molecule has 3 nitrogen and oxygen atoms in total. The van der Waals surface area contributed by atoms with E-state index in [1.807, 2.05) is 43.3 Å². The SMILES string of the molecule is Cc1ccc(-c2c(C#N)c(N)c(C#N)c3c2CCCc2ccccc2-3)cc1. The maximum Gasteiger partial charge on any atom is 0.102 e. The number of rotatable bonds is 1. The minimum absolute atomic E-state index is 0.283. The van der Waals surface area contributed by atoms with E-state index < -0.39 is 0 Å². The van der Waals surface area contributed by atoms with Crippen molar-refractivity contribution in [3.63, 3.8) is 0 Å². The summed E-state index contributed by atoms with van der Waals surface area (Å²) in [6.07, 6.45) is 2.74. The highest BCUT2D eigenvalue weighted by Crippen LogP contribution is 2.44. The number of aryl methyl sites for hydroxylation is 2. The molecule has 1 aliphatic rings. The van der Waals surface area contributed by atoms with E-state index in [-0.39, 0.29) is 5.69 Å². The van der Waals surface area contributed by atoms with Crippen molar-refractivity contribution in [1.29, 1.82) is 10.5 Å². The van der Waals surface area contributed by atoms with Gasteiger partial charge in [-0.25, -0.2) is 0 Å². The molecule has 0 radical (unpaired) electrons. The first kappa shape index (κ1) is 16.9. The number of hydrogen-bond acceptors (Lipinski definition) is 3. The van der Waals surface area contributed by atoms with E-state index in [4.69, 9.17) is 5.73 Å². The van der Waals surface area contributed by atoms with Crippen molar-refractivity contribution in [2.24, 2.45) is 0 Å². The molecule has 3 heteroatoms. The highest BCUT2D eigenvalue weighted by molar-refractivity contribution is 5.93. The lowest BCUT2D eigenvalue weighted by Crippen LogP contribution is -2.05. The van der Waals surface area contributed by atoms with Crippen molar-refractivity contribution >= 4 is 5.69 Å². The molecule has 0 amide bonds. The summed E-state index contributed by atoms with van der Waals surface area (Å²) >= 11 is 0. The van der Waals surface area contributed by atoms with Gasteiger partial charge in [-0.15, -0.1) is 0 Å². The minimum atomic E-state index is 0.283. The zero-order chi connectivity index (χ0) is 19.0. The van der Waals surface area contributed by atoms with Gasteiger partial charge < -0.3 is 5.73 Å². The van der Waals surface area contributed by atoms with Gasteiger partial charge in [0.2, 0.25) is 0 Å². The zero-order valence-corrected chi connectivity index (χ0v) is 15.2. The molecule has 1 aliphatic carbocycles. The van der Waals surface area contributed by atoms with Gasteiger partial charge in [-0.3, -0.25) is 0 Å². The van der Waals surface area contributed by atoms with Gasteiger partial charge in [0.1, 0.15) is 12.1 Å². The molecule has 0 aromatic heterocycles. The first-order valence-electron chi connectivity index (χ1n) is 9.09. The standard InChI is InChI=1S/C24H19N3/c1-15-9-11-17(12-10-15)22-19-8-4-6-16-5-2-3-7-18(16)23(19)21(14-26)24(27)20(22)13-25/h2-3,5,7,9-12H,4,6,8,27H2,1H3. The minimum Gasteiger partial charge on any atom is -0.397 e. The number of hydrogen-bond donors (Lipinski definition) is 1. The first-order valence-corrected chi connectivity index (χ1v) is 9.09. The lowest BCUT2D eigenvalue weighted by atomic mass is 9.83. The number of nitrogens with zero attached hydrogens (tertiary/aromatic N) is 2. The van der Waals surface area contributed by atoms with Crippen LogP contribution in [0.4, 0.5) is 5.69 Å². The Bertz CT molecular complexity index is 1130.